The second kappa shape index (κ2) is 6.52. The molecule has 3 N–H and O–H groups in total. The summed E-state index contributed by atoms with van der Waals surface area (Å²) in [5.74, 6) is 0.672. The Morgan fingerprint density at radius 3 is 2.42 bits per heavy atom. The first-order valence-corrected chi connectivity index (χ1v) is 3.72. The number of rotatable bonds is 1. The minimum absolute atomic E-state index is 0. The maximum absolute atomic E-state index is 7.23. The fraction of sp³-hybridized carbons (Fsp3) is 0.857. The molecule has 1 aliphatic heterocycles. The zero-order chi connectivity index (χ0) is 7.56. The van der Waals surface area contributed by atoms with Crippen LogP contribution < -0.4 is 5.73 Å². The molecule has 0 aromatic rings. The maximum Gasteiger partial charge on any atom is 0.0949 e. The summed E-state index contributed by atoms with van der Waals surface area (Å²) >= 11 is 0. The van der Waals surface area contributed by atoms with Crippen molar-refractivity contribution in [1.29, 1.82) is 5.41 Å². The Balaban J connectivity index is 0. The van der Waals surface area contributed by atoms with E-state index < -0.39 is 0 Å². The van der Waals surface area contributed by atoms with Gasteiger partial charge in [0.1, 0.15) is 0 Å². The third-order valence-corrected chi connectivity index (χ3v) is 2.06. The highest BCUT2D eigenvalue weighted by atomic mass is 35.5. The number of likely N-dealkylation sites (tertiary alicyclic amines) is 1. The summed E-state index contributed by atoms with van der Waals surface area (Å²) < 4.78 is 0. The van der Waals surface area contributed by atoms with Gasteiger partial charge >= 0.3 is 0 Å². The van der Waals surface area contributed by atoms with E-state index in [4.69, 9.17) is 11.1 Å². The molecule has 1 heterocycles. The molecule has 1 fully saturated rings. The van der Waals surface area contributed by atoms with Gasteiger partial charge in [0.05, 0.1) is 5.84 Å². The Hall–Kier alpha value is 0.01000. The highest BCUT2D eigenvalue weighted by Gasteiger charge is 2.18. The lowest BCUT2D eigenvalue weighted by molar-refractivity contribution is 0.245. The van der Waals surface area contributed by atoms with Gasteiger partial charge in [-0.05, 0) is 26.4 Å². The smallest absolute Gasteiger partial charge is 0.0949 e. The maximum atomic E-state index is 7.23. The molecular formula is C7H17Cl2N3. The molecule has 0 spiro atoms. The molecule has 1 aliphatic rings. The number of nitrogens with zero attached hydrogens (tertiary/aromatic N) is 1. The quantitative estimate of drug-likeness (QED) is 0.507. The SMILES string of the molecule is CN1CCCC(C(=N)N)C1.Cl.Cl. The summed E-state index contributed by atoms with van der Waals surface area (Å²) in [5, 5.41) is 7.23. The molecule has 0 bridgehead atoms. The van der Waals surface area contributed by atoms with Crippen LogP contribution in [-0.2, 0) is 0 Å². The van der Waals surface area contributed by atoms with Crippen molar-refractivity contribution in [3.63, 3.8) is 0 Å². The second-order valence-corrected chi connectivity index (χ2v) is 3.06. The highest BCUT2D eigenvalue weighted by Crippen LogP contribution is 2.13. The lowest BCUT2D eigenvalue weighted by Gasteiger charge is -2.28. The van der Waals surface area contributed by atoms with Crippen LogP contribution in [0.15, 0.2) is 0 Å². The minimum Gasteiger partial charge on any atom is -0.387 e. The molecule has 0 saturated carbocycles. The van der Waals surface area contributed by atoms with Crippen LogP contribution in [0, 0.1) is 11.3 Å². The van der Waals surface area contributed by atoms with Gasteiger partial charge < -0.3 is 10.6 Å². The van der Waals surface area contributed by atoms with E-state index >= 15 is 0 Å². The number of halogens is 2. The fourth-order valence-electron chi connectivity index (χ4n) is 1.42. The standard InChI is InChI=1S/C7H15N3.2ClH/c1-10-4-2-3-6(5-10)7(8)9;;/h6H,2-5H2,1H3,(H3,8,9);2*1H. The summed E-state index contributed by atoms with van der Waals surface area (Å²) in [7, 11) is 2.08. The summed E-state index contributed by atoms with van der Waals surface area (Å²) in [6, 6.07) is 0. The zero-order valence-electron chi connectivity index (χ0n) is 7.25. The molecule has 1 atom stereocenters. The third-order valence-electron chi connectivity index (χ3n) is 2.06. The van der Waals surface area contributed by atoms with Gasteiger partial charge in [-0.1, -0.05) is 0 Å². The van der Waals surface area contributed by atoms with Gasteiger partial charge in [-0.25, -0.2) is 0 Å². The van der Waals surface area contributed by atoms with Gasteiger partial charge in [0.2, 0.25) is 0 Å². The monoisotopic (exact) mass is 213 g/mol. The minimum atomic E-state index is 0. The van der Waals surface area contributed by atoms with E-state index in [-0.39, 0.29) is 24.8 Å². The molecule has 12 heavy (non-hydrogen) atoms. The number of nitrogens with one attached hydrogen (secondary N) is 1. The zero-order valence-corrected chi connectivity index (χ0v) is 8.88. The van der Waals surface area contributed by atoms with Gasteiger partial charge in [0, 0.05) is 12.5 Å². The number of nitrogens with two attached hydrogens (primary N) is 1. The van der Waals surface area contributed by atoms with Crippen molar-refractivity contribution in [3.05, 3.63) is 0 Å². The summed E-state index contributed by atoms with van der Waals surface area (Å²) in [5.41, 5.74) is 5.39. The van der Waals surface area contributed by atoms with E-state index in [9.17, 15) is 0 Å². The molecule has 0 aromatic heterocycles. The molecule has 1 rings (SSSR count). The lowest BCUT2D eigenvalue weighted by atomic mass is 9.98. The van der Waals surface area contributed by atoms with Crippen molar-refractivity contribution in [2.75, 3.05) is 20.1 Å². The molecule has 1 saturated heterocycles. The van der Waals surface area contributed by atoms with Crippen molar-refractivity contribution >= 4 is 30.6 Å². The molecule has 0 amide bonds. The second-order valence-electron chi connectivity index (χ2n) is 3.06. The molecule has 0 aromatic carbocycles. The van der Waals surface area contributed by atoms with E-state index in [0.717, 1.165) is 19.5 Å². The Morgan fingerprint density at radius 2 is 2.08 bits per heavy atom. The molecular weight excluding hydrogens is 197 g/mol. The number of amidine groups is 1. The Labute approximate surface area is 86.0 Å². The predicted molar refractivity (Wildman–Crippen MR) is 56.6 cm³/mol. The Morgan fingerprint density at radius 1 is 1.50 bits per heavy atom. The first kappa shape index (κ1) is 14.5. The van der Waals surface area contributed by atoms with Crippen LogP contribution in [0.4, 0.5) is 0 Å². The fourth-order valence-corrected chi connectivity index (χ4v) is 1.42. The van der Waals surface area contributed by atoms with Crippen molar-refractivity contribution in [3.8, 4) is 0 Å². The molecule has 0 radical (unpaired) electrons. The normalized spacial score (nSPS) is 23.6. The van der Waals surface area contributed by atoms with E-state index in [1.807, 2.05) is 0 Å². The van der Waals surface area contributed by atoms with Gasteiger partial charge in [-0.2, -0.15) is 0 Å². The van der Waals surface area contributed by atoms with E-state index in [0.29, 0.717) is 11.8 Å². The van der Waals surface area contributed by atoms with Crippen LogP contribution in [0.5, 0.6) is 0 Å². The number of hydrogen-bond donors (Lipinski definition) is 2. The number of hydrogen-bond acceptors (Lipinski definition) is 2. The average molecular weight is 214 g/mol. The van der Waals surface area contributed by atoms with Crippen molar-refractivity contribution in [2.24, 2.45) is 11.7 Å². The van der Waals surface area contributed by atoms with Crippen LogP contribution in [-0.4, -0.2) is 30.9 Å². The van der Waals surface area contributed by atoms with Crippen LogP contribution in [0.25, 0.3) is 0 Å². The molecule has 0 aliphatic carbocycles. The van der Waals surface area contributed by atoms with Crippen molar-refractivity contribution < 1.29 is 0 Å². The van der Waals surface area contributed by atoms with Gasteiger partial charge in [0.15, 0.2) is 0 Å². The van der Waals surface area contributed by atoms with Crippen LogP contribution in [0.1, 0.15) is 12.8 Å². The molecule has 74 valence electrons. The summed E-state index contributed by atoms with van der Waals surface area (Å²) in [6.45, 7) is 2.12. The van der Waals surface area contributed by atoms with E-state index in [1.54, 1.807) is 0 Å². The Kier molecular flexibility index (Phi) is 7.89. The van der Waals surface area contributed by atoms with E-state index in [2.05, 4.69) is 11.9 Å². The third kappa shape index (κ3) is 4.14. The van der Waals surface area contributed by atoms with Crippen LogP contribution in [0.3, 0.4) is 0 Å². The van der Waals surface area contributed by atoms with E-state index in [1.165, 1.54) is 6.42 Å². The lowest BCUT2D eigenvalue weighted by Crippen LogP contribution is -2.38. The van der Waals surface area contributed by atoms with Gasteiger partial charge in [0.25, 0.3) is 0 Å². The summed E-state index contributed by atoms with van der Waals surface area (Å²) in [4.78, 5) is 2.23. The average Bonchev–Trinajstić information content (AvgIpc) is 1.88. The highest BCUT2D eigenvalue weighted by molar-refractivity contribution is 5.85. The summed E-state index contributed by atoms with van der Waals surface area (Å²) in [6.07, 6.45) is 2.28. The molecule has 3 nitrogen and oxygen atoms in total. The van der Waals surface area contributed by atoms with Crippen molar-refractivity contribution in [2.45, 2.75) is 12.8 Å². The van der Waals surface area contributed by atoms with Gasteiger partial charge in [-0.3, -0.25) is 5.41 Å². The van der Waals surface area contributed by atoms with Gasteiger partial charge in [-0.15, -0.1) is 24.8 Å². The van der Waals surface area contributed by atoms with Crippen LogP contribution >= 0.6 is 24.8 Å². The molecule has 5 heteroatoms. The predicted octanol–water partition coefficient (Wildman–Crippen LogP) is 1.11. The van der Waals surface area contributed by atoms with Crippen molar-refractivity contribution in [1.82, 2.24) is 4.90 Å². The first-order valence-electron chi connectivity index (χ1n) is 3.72. The largest absolute Gasteiger partial charge is 0.387 e. The Bertz CT molecular complexity index is 141. The van der Waals surface area contributed by atoms with Crippen LogP contribution in [0.2, 0.25) is 0 Å². The number of piperidine rings is 1. The topological polar surface area (TPSA) is 53.1 Å². The first-order chi connectivity index (χ1) is 4.70. The molecule has 1 unspecified atom stereocenters.